The number of carbonyl (C=O) groups is 1. The fraction of sp³-hybridized carbons (Fsp3) is 0.533. The van der Waals surface area contributed by atoms with Crippen LogP contribution in [0.15, 0.2) is 24.3 Å². The minimum atomic E-state index is -2.04. The maximum Gasteiger partial charge on any atom is 0.344 e. The zero-order valence-electron chi connectivity index (χ0n) is 11.2. The summed E-state index contributed by atoms with van der Waals surface area (Å²) in [5.41, 5.74) is -0.354. The maximum absolute atomic E-state index is 14.3. The summed E-state index contributed by atoms with van der Waals surface area (Å²) in [6, 6.07) is 7.18. The second kappa shape index (κ2) is 5.29. The van der Waals surface area contributed by atoms with E-state index in [9.17, 15) is 14.3 Å². The van der Waals surface area contributed by atoms with Gasteiger partial charge in [0.15, 0.2) is 0 Å². The number of esters is 1. The Morgan fingerprint density at radius 1 is 1.58 bits per heavy atom. The molecular formula is C15H19FO3. The van der Waals surface area contributed by atoms with E-state index in [0.29, 0.717) is 12.0 Å². The number of fused-ring (bicyclic) bond motifs is 1. The van der Waals surface area contributed by atoms with Crippen molar-refractivity contribution in [3.63, 3.8) is 0 Å². The predicted octanol–water partition coefficient (Wildman–Crippen LogP) is 2.67. The van der Waals surface area contributed by atoms with E-state index in [2.05, 4.69) is 0 Å². The molecule has 1 aromatic rings. The molecule has 0 heterocycles. The molecule has 0 radical (unpaired) electrons. The van der Waals surface area contributed by atoms with Gasteiger partial charge in [-0.1, -0.05) is 31.2 Å². The number of hydrogen-bond acceptors (Lipinski definition) is 3. The minimum absolute atomic E-state index is 0.105. The third kappa shape index (κ3) is 2.37. The van der Waals surface area contributed by atoms with Crippen molar-refractivity contribution < 1.29 is 19.0 Å². The van der Waals surface area contributed by atoms with Crippen LogP contribution in [0.2, 0.25) is 0 Å². The van der Waals surface area contributed by atoms with Crippen LogP contribution in [0, 0.1) is 0 Å². The van der Waals surface area contributed by atoms with Gasteiger partial charge < -0.3 is 9.84 Å². The lowest BCUT2D eigenvalue weighted by molar-refractivity contribution is -0.163. The van der Waals surface area contributed by atoms with Crippen LogP contribution in [0.5, 0.6) is 0 Å². The van der Waals surface area contributed by atoms with Crippen LogP contribution in [0.4, 0.5) is 4.39 Å². The average molecular weight is 266 g/mol. The first-order chi connectivity index (χ1) is 9.00. The Morgan fingerprint density at radius 3 is 2.95 bits per heavy atom. The molecule has 0 saturated heterocycles. The zero-order chi connectivity index (χ0) is 14.0. The van der Waals surface area contributed by atoms with Gasteiger partial charge >= 0.3 is 5.97 Å². The number of benzene rings is 1. The van der Waals surface area contributed by atoms with Gasteiger partial charge in [0.25, 0.3) is 0 Å². The van der Waals surface area contributed by atoms with E-state index in [1.165, 1.54) is 0 Å². The first kappa shape index (κ1) is 14.0. The molecule has 1 aliphatic carbocycles. The topological polar surface area (TPSA) is 46.5 Å². The van der Waals surface area contributed by atoms with Crippen LogP contribution in [0.25, 0.3) is 0 Å². The third-order valence-electron chi connectivity index (χ3n) is 3.83. The van der Waals surface area contributed by atoms with Gasteiger partial charge in [0.1, 0.15) is 5.60 Å². The molecule has 3 atom stereocenters. The van der Waals surface area contributed by atoms with Crippen molar-refractivity contribution in [3.05, 3.63) is 35.4 Å². The molecule has 0 fully saturated rings. The molecule has 3 unspecified atom stereocenters. The number of aliphatic hydroxyl groups is 1. The summed E-state index contributed by atoms with van der Waals surface area (Å²) < 4.78 is 19.0. The summed E-state index contributed by atoms with van der Waals surface area (Å²) in [7, 11) is 0. The molecule has 3 nitrogen and oxygen atoms in total. The summed E-state index contributed by atoms with van der Waals surface area (Å²) in [6.07, 6.45) is -1.17. The lowest BCUT2D eigenvalue weighted by Gasteiger charge is -2.38. The van der Waals surface area contributed by atoms with Crippen molar-refractivity contribution in [1.29, 1.82) is 0 Å². The van der Waals surface area contributed by atoms with Gasteiger partial charge in [-0.25, -0.2) is 9.18 Å². The number of carbonyl (C=O) groups excluding carboxylic acids is 1. The molecular weight excluding hydrogens is 247 g/mol. The Morgan fingerprint density at radius 2 is 2.26 bits per heavy atom. The number of hydrogen-bond donors (Lipinski definition) is 1. The zero-order valence-corrected chi connectivity index (χ0v) is 11.2. The Balaban J connectivity index is 2.39. The molecule has 1 N–H and O–H groups in total. The number of rotatable bonds is 3. The molecule has 0 aromatic heterocycles. The third-order valence-corrected chi connectivity index (χ3v) is 3.83. The van der Waals surface area contributed by atoms with E-state index in [-0.39, 0.29) is 18.9 Å². The fourth-order valence-electron chi connectivity index (χ4n) is 2.72. The lowest BCUT2D eigenvalue weighted by atomic mass is 9.72. The minimum Gasteiger partial charge on any atom is -0.464 e. The van der Waals surface area contributed by atoms with Crippen molar-refractivity contribution in [3.8, 4) is 0 Å². The van der Waals surface area contributed by atoms with Crippen LogP contribution >= 0.6 is 0 Å². The standard InChI is InChI=1S/C15H19FO3/c1-3-19-14(17)13(16)15(18)9-8-10(2)11-6-4-5-7-12(11)15/h4-7,10,13,18H,3,8-9H2,1-2H3. The fourth-order valence-corrected chi connectivity index (χ4v) is 2.72. The van der Waals surface area contributed by atoms with Crippen molar-refractivity contribution in [2.24, 2.45) is 0 Å². The largest absolute Gasteiger partial charge is 0.464 e. The highest BCUT2D eigenvalue weighted by atomic mass is 19.1. The first-order valence-electron chi connectivity index (χ1n) is 6.63. The first-order valence-corrected chi connectivity index (χ1v) is 6.63. The molecule has 0 aliphatic heterocycles. The van der Waals surface area contributed by atoms with Gasteiger partial charge in [0.05, 0.1) is 6.61 Å². The van der Waals surface area contributed by atoms with Crippen LogP contribution in [0.3, 0.4) is 0 Å². The number of halogens is 1. The van der Waals surface area contributed by atoms with E-state index < -0.39 is 17.7 Å². The average Bonchev–Trinajstić information content (AvgIpc) is 2.43. The van der Waals surface area contributed by atoms with E-state index >= 15 is 0 Å². The number of ether oxygens (including phenoxy) is 1. The Bertz CT molecular complexity index is 474. The Labute approximate surface area is 112 Å². The van der Waals surface area contributed by atoms with Gasteiger partial charge in [-0.15, -0.1) is 0 Å². The summed E-state index contributed by atoms with van der Waals surface area (Å²) in [6.45, 7) is 3.76. The summed E-state index contributed by atoms with van der Waals surface area (Å²) in [5, 5.41) is 10.6. The van der Waals surface area contributed by atoms with Crippen molar-refractivity contribution in [2.75, 3.05) is 6.61 Å². The molecule has 0 spiro atoms. The quantitative estimate of drug-likeness (QED) is 0.856. The lowest BCUT2D eigenvalue weighted by Crippen LogP contribution is -2.45. The summed E-state index contributed by atoms with van der Waals surface area (Å²) >= 11 is 0. The highest BCUT2D eigenvalue weighted by Crippen LogP contribution is 2.44. The highest BCUT2D eigenvalue weighted by Gasteiger charge is 2.48. The second-order valence-electron chi connectivity index (χ2n) is 5.07. The summed E-state index contributed by atoms with van der Waals surface area (Å²) in [4.78, 5) is 11.6. The molecule has 1 aliphatic rings. The molecule has 4 heteroatoms. The summed E-state index contributed by atoms with van der Waals surface area (Å²) in [5.74, 6) is -0.736. The molecule has 0 amide bonds. The Kier molecular flexibility index (Phi) is 3.90. The van der Waals surface area contributed by atoms with Gasteiger partial charge in [-0.2, -0.15) is 0 Å². The van der Waals surface area contributed by atoms with Crippen LogP contribution in [0.1, 0.15) is 43.7 Å². The van der Waals surface area contributed by atoms with Crippen LogP contribution < -0.4 is 0 Å². The van der Waals surface area contributed by atoms with Crippen molar-refractivity contribution in [2.45, 2.75) is 44.4 Å². The highest BCUT2D eigenvalue weighted by molar-refractivity contribution is 5.76. The molecule has 0 bridgehead atoms. The van der Waals surface area contributed by atoms with E-state index in [1.54, 1.807) is 19.1 Å². The van der Waals surface area contributed by atoms with Crippen molar-refractivity contribution in [1.82, 2.24) is 0 Å². The molecule has 104 valence electrons. The van der Waals surface area contributed by atoms with E-state index in [1.807, 2.05) is 19.1 Å². The SMILES string of the molecule is CCOC(=O)C(F)C1(O)CCC(C)c2ccccc21. The van der Waals surface area contributed by atoms with Gasteiger partial charge in [0, 0.05) is 0 Å². The molecule has 0 saturated carbocycles. The Hall–Kier alpha value is -1.42. The van der Waals surface area contributed by atoms with Gasteiger partial charge in [0.2, 0.25) is 6.17 Å². The van der Waals surface area contributed by atoms with E-state index in [4.69, 9.17) is 4.74 Å². The predicted molar refractivity (Wildman–Crippen MR) is 69.5 cm³/mol. The normalized spacial score (nSPS) is 27.5. The van der Waals surface area contributed by atoms with E-state index in [0.717, 1.165) is 5.56 Å². The smallest absolute Gasteiger partial charge is 0.344 e. The van der Waals surface area contributed by atoms with Crippen LogP contribution in [-0.4, -0.2) is 23.9 Å². The molecule has 19 heavy (non-hydrogen) atoms. The maximum atomic E-state index is 14.3. The van der Waals surface area contributed by atoms with Gasteiger partial charge in [-0.05, 0) is 36.8 Å². The van der Waals surface area contributed by atoms with Crippen LogP contribution in [-0.2, 0) is 15.1 Å². The van der Waals surface area contributed by atoms with Crippen molar-refractivity contribution >= 4 is 5.97 Å². The molecule has 2 rings (SSSR count). The van der Waals surface area contributed by atoms with Gasteiger partial charge in [-0.3, -0.25) is 0 Å². The number of alkyl halides is 1. The second-order valence-corrected chi connectivity index (χ2v) is 5.07. The monoisotopic (exact) mass is 266 g/mol. The molecule has 1 aromatic carbocycles.